The van der Waals surface area contributed by atoms with E-state index < -0.39 is 28.5 Å². The number of benzene rings is 3. The molecule has 0 aliphatic heterocycles. The average Bonchev–Trinajstić information content (AvgIpc) is 3.02. The van der Waals surface area contributed by atoms with Crippen LogP contribution in [0, 0.1) is 5.92 Å². The minimum Gasteiger partial charge on any atom is -0.495 e. The maximum atomic E-state index is 14.4. The minimum absolute atomic E-state index is 0.0307. The van der Waals surface area contributed by atoms with Crippen LogP contribution in [0.3, 0.4) is 0 Å². The van der Waals surface area contributed by atoms with Gasteiger partial charge < -0.3 is 24.4 Å². The Balaban J connectivity index is 2.17. The van der Waals surface area contributed by atoms with Crippen LogP contribution in [-0.4, -0.2) is 65.6 Å². The molecule has 3 aromatic carbocycles. The van der Waals surface area contributed by atoms with Crippen LogP contribution >= 0.6 is 23.2 Å². The summed E-state index contributed by atoms with van der Waals surface area (Å²) in [7, 11) is -0.259. The van der Waals surface area contributed by atoms with Crippen LogP contribution in [0.5, 0.6) is 17.2 Å². The van der Waals surface area contributed by atoms with E-state index in [1.165, 1.54) is 56.6 Å². The van der Waals surface area contributed by atoms with Crippen LogP contribution in [0.15, 0.2) is 65.6 Å². The van der Waals surface area contributed by atoms with Crippen molar-refractivity contribution in [1.29, 1.82) is 0 Å². The van der Waals surface area contributed by atoms with Crippen molar-refractivity contribution in [2.75, 3.05) is 38.7 Å². The smallest absolute Gasteiger partial charge is 0.265 e. The highest BCUT2D eigenvalue weighted by Crippen LogP contribution is 2.37. The van der Waals surface area contributed by atoms with Crippen molar-refractivity contribution >= 4 is 50.7 Å². The molecule has 1 atom stereocenters. The van der Waals surface area contributed by atoms with Crippen LogP contribution in [0.25, 0.3) is 0 Å². The lowest BCUT2D eigenvalue weighted by atomic mass is 10.1. The molecule has 1 N–H and O–H groups in total. The Bertz CT molecular complexity index is 1600. The molecule has 3 aromatic rings. The third-order valence-electron chi connectivity index (χ3n) is 7.00. The second-order valence-electron chi connectivity index (χ2n) is 10.5. The van der Waals surface area contributed by atoms with Gasteiger partial charge in [0.1, 0.15) is 18.3 Å². The average molecular weight is 681 g/mol. The van der Waals surface area contributed by atoms with Gasteiger partial charge in [0, 0.05) is 29.2 Å². The summed E-state index contributed by atoms with van der Waals surface area (Å²) < 4.78 is 45.8. The number of carbonyl (C=O) groups is 2. The molecule has 45 heavy (non-hydrogen) atoms. The normalized spacial score (nSPS) is 11.9. The molecule has 0 saturated carbocycles. The maximum absolute atomic E-state index is 14.4. The highest BCUT2D eigenvalue weighted by atomic mass is 35.5. The number of amides is 2. The quantitative estimate of drug-likeness (QED) is 0.216. The van der Waals surface area contributed by atoms with E-state index in [1.807, 2.05) is 13.8 Å². The van der Waals surface area contributed by atoms with Crippen molar-refractivity contribution in [2.45, 2.75) is 44.7 Å². The van der Waals surface area contributed by atoms with Gasteiger partial charge in [0.2, 0.25) is 11.8 Å². The number of carbonyl (C=O) groups excluding carboxylic acids is 2. The molecule has 2 amide bonds. The summed E-state index contributed by atoms with van der Waals surface area (Å²) in [5.41, 5.74) is 0.625. The summed E-state index contributed by atoms with van der Waals surface area (Å²) in [5, 5.41) is 3.52. The molecule has 3 rings (SSSR count). The zero-order chi connectivity index (χ0) is 33.3. The van der Waals surface area contributed by atoms with Gasteiger partial charge in [-0.3, -0.25) is 13.9 Å². The van der Waals surface area contributed by atoms with Crippen LogP contribution < -0.4 is 23.8 Å². The summed E-state index contributed by atoms with van der Waals surface area (Å²) in [5.74, 6) is -0.166. The van der Waals surface area contributed by atoms with Crippen LogP contribution in [0.1, 0.15) is 32.8 Å². The minimum atomic E-state index is -4.46. The lowest BCUT2D eigenvalue weighted by Gasteiger charge is -2.34. The molecule has 0 unspecified atom stereocenters. The number of halogens is 2. The third-order valence-corrected chi connectivity index (χ3v) is 9.36. The summed E-state index contributed by atoms with van der Waals surface area (Å²) >= 11 is 12.8. The van der Waals surface area contributed by atoms with Crippen LogP contribution in [0.2, 0.25) is 10.0 Å². The lowest BCUT2D eigenvalue weighted by Crippen LogP contribution is -2.52. The van der Waals surface area contributed by atoms with E-state index in [9.17, 15) is 18.0 Å². The summed E-state index contributed by atoms with van der Waals surface area (Å²) in [4.78, 5) is 28.9. The highest BCUT2D eigenvalue weighted by molar-refractivity contribution is 7.92. The van der Waals surface area contributed by atoms with E-state index in [0.717, 1.165) is 4.31 Å². The van der Waals surface area contributed by atoms with Crippen molar-refractivity contribution in [2.24, 2.45) is 5.92 Å². The molecule has 0 bridgehead atoms. The SMILES string of the molecule is CC[C@@H](C(=O)NCC(C)C)N(Cc1ccccc1Cl)C(=O)CN(c1cc(Cl)ccc1OC)S(=O)(=O)c1ccc(OC)c(OC)c1. The number of sulfonamides is 1. The van der Waals surface area contributed by atoms with Gasteiger partial charge in [-0.25, -0.2) is 8.42 Å². The van der Waals surface area contributed by atoms with Crippen molar-refractivity contribution in [3.63, 3.8) is 0 Å². The van der Waals surface area contributed by atoms with Gasteiger partial charge in [-0.05, 0) is 54.3 Å². The standard InChI is InChI=1S/C32H39Cl2N3O7S/c1-7-26(32(39)35-18-21(2)3)36(19-22-10-8-9-11-25(22)34)31(38)20-37(27-16-23(33)12-14-28(27)42-4)45(40,41)24-13-15-29(43-5)30(17-24)44-6/h8-17,21,26H,7,18-20H2,1-6H3,(H,35,39)/t26-/m0/s1. The number of nitrogens with zero attached hydrogens (tertiary/aromatic N) is 2. The van der Waals surface area contributed by atoms with Crippen LogP contribution in [0.4, 0.5) is 5.69 Å². The molecular formula is C32H39Cl2N3O7S. The van der Waals surface area contributed by atoms with Crippen molar-refractivity contribution < 1.29 is 32.2 Å². The first-order chi connectivity index (χ1) is 21.4. The Morgan fingerprint density at radius 1 is 0.889 bits per heavy atom. The van der Waals surface area contributed by atoms with Gasteiger partial charge in [0.05, 0.1) is 31.9 Å². The Morgan fingerprint density at radius 3 is 2.13 bits per heavy atom. The molecule has 0 radical (unpaired) electrons. The molecule has 0 heterocycles. The lowest BCUT2D eigenvalue weighted by molar-refractivity contribution is -0.140. The molecule has 10 nitrogen and oxygen atoms in total. The van der Waals surface area contributed by atoms with Crippen molar-refractivity contribution in [3.8, 4) is 17.2 Å². The second kappa shape index (κ2) is 16.1. The van der Waals surface area contributed by atoms with Gasteiger partial charge in [-0.15, -0.1) is 0 Å². The number of anilines is 1. The molecule has 0 aliphatic rings. The number of ether oxygens (including phenoxy) is 3. The Morgan fingerprint density at radius 2 is 1.53 bits per heavy atom. The fourth-order valence-corrected chi connectivity index (χ4v) is 6.42. The number of hydrogen-bond acceptors (Lipinski definition) is 7. The van der Waals surface area contributed by atoms with Gasteiger partial charge in [0.25, 0.3) is 10.0 Å². The number of rotatable bonds is 15. The summed E-state index contributed by atoms with van der Waals surface area (Å²) in [6, 6.07) is 14.6. The third kappa shape index (κ3) is 8.74. The van der Waals surface area contributed by atoms with E-state index in [1.54, 1.807) is 37.3 Å². The monoisotopic (exact) mass is 679 g/mol. The summed E-state index contributed by atoms with van der Waals surface area (Å²) in [6.07, 6.45) is 0.267. The Hall–Kier alpha value is -3.67. The number of nitrogens with one attached hydrogen (secondary N) is 1. The predicted molar refractivity (Wildman–Crippen MR) is 176 cm³/mol. The van der Waals surface area contributed by atoms with E-state index >= 15 is 0 Å². The molecule has 13 heteroatoms. The molecule has 0 aromatic heterocycles. The largest absolute Gasteiger partial charge is 0.495 e. The number of methoxy groups -OCH3 is 3. The van der Waals surface area contributed by atoms with Crippen LogP contribution in [-0.2, 0) is 26.2 Å². The second-order valence-corrected chi connectivity index (χ2v) is 13.2. The zero-order valence-electron chi connectivity index (χ0n) is 26.2. The Labute approximate surface area is 275 Å². The predicted octanol–water partition coefficient (Wildman–Crippen LogP) is 5.79. The molecule has 0 saturated heterocycles. The van der Waals surface area contributed by atoms with Crippen molar-refractivity contribution in [1.82, 2.24) is 10.2 Å². The van der Waals surface area contributed by atoms with Gasteiger partial charge in [-0.1, -0.05) is 62.2 Å². The zero-order valence-corrected chi connectivity index (χ0v) is 28.5. The molecule has 0 spiro atoms. The first-order valence-corrected chi connectivity index (χ1v) is 16.5. The summed E-state index contributed by atoms with van der Waals surface area (Å²) in [6.45, 7) is 5.38. The van der Waals surface area contributed by atoms with E-state index in [-0.39, 0.29) is 51.9 Å². The topological polar surface area (TPSA) is 114 Å². The number of hydrogen-bond donors (Lipinski definition) is 1. The maximum Gasteiger partial charge on any atom is 0.265 e. The van der Waals surface area contributed by atoms with Crippen molar-refractivity contribution in [3.05, 3.63) is 76.3 Å². The van der Waals surface area contributed by atoms with Gasteiger partial charge >= 0.3 is 0 Å². The van der Waals surface area contributed by atoms with E-state index in [0.29, 0.717) is 22.9 Å². The fourth-order valence-electron chi connectivity index (χ4n) is 4.63. The first kappa shape index (κ1) is 35.8. The molecule has 0 fully saturated rings. The molecule has 244 valence electrons. The van der Waals surface area contributed by atoms with E-state index in [2.05, 4.69) is 5.32 Å². The molecular weight excluding hydrogens is 641 g/mol. The van der Waals surface area contributed by atoms with Gasteiger partial charge in [0.15, 0.2) is 11.5 Å². The highest BCUT2D eigenvalue weighted by Gasteiger charge is 2.35. The fraction of sp³-hybridized carbons (Fsp3) is 0.375. The first-order valence-electron chi connectivity index (χ1n) is 14.3. The van der Waals surface area contributed by atoms with E-state index in [4.69, 9.17) is 37.4 Å². The Kier molecular flexibility index (Phi) is 12.8. The molecule has 0 aliphatic carbocycles. The van der Waals surface area contributed by atoms with Gasteiger partial charge in [-0.2, -0.15) is 0 Å².